The van der Waals surface area contributed by atoms with Gasteiger partial charge >= 0.3 is 0 Å². The van der Waals surface area contributed by atoms with Gasteiger partial charge in [-0.05, 0) is 118 Å². The number of aliphatic imine (C=N–C) groups is 2. The van der Waals surface area contributed by atoms with Gasteiger partial charge < -0.3 is 4.57 Å². The lowest BCUT2D eigenvalue weighted by Crippen LogP contribution is -2.23. The van der Waals surface area contributed by atoms with Gasteiger partial charge in [-0.3, -0.25) is 4.57 Å². The largest absolute Gasteiger partial charge is 0.309 e. The Morgan fingerprint density at radius 2 is 1.06 bits per heavy atom. The fraction of sp³-hybridized carbons (Fsp3) is 0.100. The molecular formula is C60H44N4S. The second-order valence-corrected chi connectivity index (χ2v) is 19.0. The average molecular weight is 853 g/mol. The Bertz CT molecular complexity index is 3800. The van der Waals surface area contributed by atoms with Gasteiger partial charge in [0.05, 0.1) is 33.8 Å². The second-order valence-electron chi connectivity index (χ2n) is 17.9. The highest BCUT2D eigenvalue weighted by Crippen LogP contribution is 2.43. The quantitative estimate of drug-likeness (QED) is 0.165. The predicted molar refractivity (Wildman–Crippen MR) is 277 cm³/mol. The number of allylic oxidation sites excluding steroid dienone is 1. The van der Waals surface area contributed by atoms with Crippen molar-refractivity contribution in [1.29, 1.82) is 0 Å². The van der Waals surface area contributed by atoms with E-state index in [1.807, 2.05) is 11.3 Å². The van der Waals surface area contributed by atoms with Crippen LogP contribution in [-0.2, 0) is 6.42 Å². The number of aromatic nitrogens is 2. The minimum absolute atomic E-state index is 0.0773. The van der Waals surface area contributed by atoms with Crippen LogP contribution in [0.1, 0.15) is 36.3 Å². The van der Waals surface area contributed by atoms with Crippen molar-refractivity contribution < 1.29 is 0 Å². The Labute approximate surface area is 381 Å². The van der Waals surface area contributed by atoms with Gasteiger partial charge in [-0.1, -0.05) is 146 Å². The fourth-order valence-corrected chi connectivity index (χ4v) is 11.9. The maximum absolute atomic E-state index is 5.42. The molecule has 1 aliphatic carbocycles. The van der Waals surface area contributed by atoms with Gasteiger partial charge in [0.1, 0.15) is 0 Å². The number of hydrogen-bond donors (Lipinski definition) is 0. The molecule has 8 aromatic carbocycles. The lowest BCUT2D eigenvalue weighted by atomic mass is 9.94. The Morgan fingerprint density at radius 3 is 1.82 bits per heavy atom. The molecule has 3 aromatic heterocycles. The number of nitrogens with zero attached hydrogens (tertiary/aromatic N) is 4. The smallest absolute Gasteiger partial charge is 0.230 e. The molecule has 11 aromatic rings. The van der Waals surface area contributed by atoms with Crippen molar-refractivity contribution in [3.05, 3.63) is 204 Å². The third-order valence-electron chi connectivity index (χ3n) is 13.6. The molecule has 0 amide bonds. The maximum atomic E-state index is 5.42. The minimum Gasteiger partial charge on any atom is -0.309 e. The zero-order valence-corrected chi connectivity index (χ0v) is 37.1. The Hall–Kier alpha value is -7.60. The van der Waals surface area contributed by atoms with Gasteiger partial charge in [-0.15, -0.1) is 11.3 Å². The highest BCUT2D eigenvalue weighted by atomic mass is 32.1. The molecule has 2 atom stereocenters. The molecule has 4 nitrogen and oxygen atoms in total. The van der Waals surface area contributed by atoms with Crippen molar-refractivity contribution >= 4 is 82.8 Å². The first-order valence-corrected chi connectivity index (χ1v) is 23.6. The van der Waals surface area contributed by atoms with Gasteiger partial charge in [0, 0.05) is 48.6 Å². The van der Waals surface area contributed by atoms with E-state index in [4.69, 9.17) is 9.98 Å². The monoisotopic (exact) mass is 852 g/mol. The summed E-state index contributed by atoms with van der Waals surface area (Å²) < 4.78 is 6.04. The van der Waals surface area contributed by atoms with E-state index >= 15 is 0 Å². The zero-order chi connectivity index (χ0) is 43.2. The van der Waals surface area contributed by atoms with E-state index in [0.717, 1.165) is 46.8 Å². The molecule has 0 N–H and O–H groups in total. The topological polar surface area (TPSA) is 34.6 Å². The summed E-state index contributed by atoms with van der Waals surface area (Å²) in [5.74, 6) is 1.32. The average Bonchev–Trinajstić information content (AvgIpc) is 4.01. The summed E-state index contributed by atoms with van der Waals surface area (Å²) in [6, 6.07) is 66.7. The van der Waals surface area contributed by atoms with E-state index in [9.17, 15) is 0 Å². The Kier molecular flexibility index (Phi) is 8.75. The summed E-state index contributed by atoms with van der Waals surface area (Å²) >= 11 is 1.96. The number of para-hydroxylation sites is 2. The van der Waals surface area contributed by atoms with Crippen LogP contribution in [0.4, 0.5) is 0 Å². The van der Waals surface area contributed by atoms with Crippen LogP contribution < -0.4 is 0 Å². The summed E-state index contributed by atoms with van der Waals surface area (Å²) in [6.45, 7) is 4.52. The van der Waals surface area contributed by atoms with Crippen molar-refractivity contribution in [3.8, 4) is 39.1 Å². The summed E-state index contributed by atoms with van der Waals surface area (Å²) in [5, 5.41) is 6.22. The lowest BCUT2D eigenvalue weighted by Gasteiger charge is -2.19. The molecule has 310 valence electrons. The van der Waals surface area contributed by atoms with Crippen LogP contribution in [0.2, 0.25) is 0 Å². The van der Waals surface area contributed by atoms with Gasteiger partial charge in [0.2, 0.25) is 5.96 Å². The van der Waals surface area contributed by atoms with E-state index in [0.29, 0.717) is 5.92 Å². The Morgan fingerprint density at radius 1 is 0.477 bits per heavy atom. The molecule has 2 aliphatic rings. The molecule has 2 unspecified atom stereocenters. The normalized spacial score (nSPS) is 16.2. The molecule has 0 saturated carbocycles. The first-order valence-electron chi connectivity index (χ1n) is 22.7. The summed E-state index contributed by atoms with van der Waals surface area (Å²) in [7, 11) is 0. The highest BCUT2D eigenvalue weighted by molar-refractivity contribution is 7.20. The van der Waals surface area contributed by atoms with Crippen LogP contribution in [0, 0.1) is 5.92 Å². The van der Waals surface area contributed by atoms with Crippen molar-refractivity contribution in [2.24, 2.45) is 15.9 Å². The van der Waals surface area contributed by atoms with E-state index in [1.54, 1.807) is 0 Å². The maximum Gasteiger partial charge on any atom is 0.230 e. The first kappa shape index (κ1) is 37.9. The molecule has 0 fully saturated rings. The molecule has 1 aliphatic heterocycles. The molecule has 0 spiro atoms. The van der Waals surface area contributed by atoms with E-state index in [1.165, 1.54) is 86.5 Å². The molecule has 0 radical (unpaired) electrons. The summed E-state index contributed by atoms with van der Waals surface area (Å²) in [5.41, 5.74) is 16.7. The van der Waals surface area contributed by atoms with E-state index in [-0.39, 0.29) is 6.04 Å². The van der Waals surface area contributed by atoms with Crippen molar-refractivity contribution in [2.75, 3.05) is 0 Å². The lowest BCUT2D eigenvalue weighted by molar-refractivity contribution is 0.728. The van der Waals surface area contributed by atoms with Gasteiger partial charge in [0.15, 0.2) is 0 Å². The SMILES string of the molecule is CC1C=Cc2c(sc3c(-c4cccc(C5=NC(n6c7ccccc7c7cc(-c8ccc9c(c8)c8ccccc8n9-c8ccc(-c9ccccc9)cc8)ccc76)=NC(C)C5)c4)cccc23)C1. The molecule has 0 bridgehead atoms. The van der Waals surface area contributed by atoms with Crippen LogP contribution in [0.25, 0.3) is 98.8 Å². The van der Waals surface area contributed by atoms with E-state index < -0.39 is 0 Å². The van der Waals surface area contributed by atoms with Crippen LogP contribution in [0.15, 0.2) is 198 Å². The third-order valence-corrected chi connectivity index (χ3v) is 14.9. The van der Waals surface area contributed by atoms with Gasteiger partial charge in [-0.2, -0.15) is 0 Å². The predicted octanol–water partition coefficient (Wildman–Crippen LogP) is 15.8. The van der Waals surface area contributed by atoms with Crippen LogP contribution in [0.3, 0.4) is 0 Å². The summed E-state index contributed by atoms with van der Waals surface area (Å²) in [4.78, 5) is 12.2. The number of benzene rings is 8. The van der Waals surface area contributed by atoms with Crippen molar-refractivity contribution in [1.82, 2.24) is 9.13 Å². The number of thiophene rings is 1. The van der Waals surface area contributed by atoms with Crippen molar-refractivity contribution in [3.63, 3.8) is 0 Å². The molecular weight excluding hydrogens is 809 g/mol. The molecule has 0 saturated heterocycles. The summed E-state index contributed by atoms with van der Waals surface area (Å²) in [6.07, 6.45) is 6.59. The number of rotatable bonds is 5. The fourth-order valence-electron chi connectivity index (χ4n) is 10.5. The number of hydrogen-bond acceptors (Lipinski definition) is 3. The minimum atomic E-state index is 0.0773. The van der Waals surface area contributed by atoms with Crippen LogP contribution in [0.5, 0.6) is 0 Å². The van der Waals surface area contributed by atoms with Gasteiger partial charge in [-0.25, -0.2) is 9.98 Å². The van der Waals surface area contributed by atoms with E-state index in [2.05, 4.69) is 217 Å². The Balaban J connectivity index is 0.880. The standard InChI is InChI=1S/C60H44N4S/c1-37-22-29-49-50-19-11-18-46(59(50)65-58(49)32-37)43-14-10-15-44(34-43)53-33-38(2)61-60(62-53)64-55-21-9-7-17-48(55)52-36-42(26-31-57(52)64)41-25-30-56-51(35-41)47-16-6-8-20-54(47)63(56)45-27-23-40(24-28-45)39-12-4-3-5-13-39/h3-31,34-38H,32-33H2,1-2H3. The van der Waals surface area contributed by atoms with Gasteiger partial charge in [0.25, 0.3) is 0 Å². The zero-order valence-electron chi connectivity index (χ0n) is 36.2. The van der Waals surface area contributed by atoms with Crippen LogP contribution in [-0.4, -0.2) is 26.8 Å². The molecule has 65 heavy (non-hydrogen) atoms. The highest BCUT2D eigenvalue weighted by Gasteiger charge is 2.23. The second kappa shape index (κ2) is 15.0. The first-order chi connectivity index (χ1) is 32.0. The van der Waals surface area contributed by atoms with Crippen molar-refractivity contribution in [2.45, 2.75) is 32.7 Å². The van der Waals surface area contributed by atoms with Crippen LogP contribution >= 0.6 is 11.3 Å². The molecule has 4 heterocycles. The molecule has 13 rings (SSSR count). The third kappa shape index (κ3) is 6.25. The molecule has 5 heteroatoms. The number of fused-ring (bicyclic) bond motifs is 9.